The lowest BCUT2D eigenvalue weighted by molar-refractivity contribution is -0.139. The highest BCUT2D eigenvalue weighted by molar-refractivity contribution is 6.06. The van der Waals surface area contributed by atoms with Crippen molar-refractivity contribution in [2.45, 2.75) is 39.5 Å². The molecule has 2 aromatic carbocycles. The van der Waals surface area contributed by atoms with Crippen molar-refractivity contribution in [1.29, 1.82) is 0 Å². The first-order valence-corrected chi connectivity index (χ1v) is 12.1. The molecule has 0 radical (unpaired) electrons. The number of ketones is 1. The zero-order valence-electron chi connectivity index (χ0n) is 20.9. The maximum Gasteiger partial charge on any atom is 0.336 e. The summed E-state index contributed by atoms with van der Waals surface area (Å²) < 4.78 is 17.1. The molecule has 1 heterocycles. The molecule has 186 valence electrons. The second-order valence-corrected chi connectivity index (χ2v) is 9.75. The number of carbonyl (C=O) groups is 2. The van der Waals surface area contributed by atoms with Crippen LogP contribution < -0.4 is 15.8 Å². The second kappa shape index (κ2) is 10.2. The lowest BCUT2D eigenvalue weighted by Crippen LogP contribution is -2.40. The molecule has 0 saturated heterocycles. The average Bonchev–Trinajstić information content (AvgIpc) is 2.82. The number of dihydropyridines is 1. The SMILES string of the molecule is CCOC(=O)C1=C(COCCN)NC2=C(C(=O)CC(C)(C)C2)C1c1c(OC)ccc2ccccc12. The van der Waals surface area contributed by atoms with Gasteiger partial charge in [0, 0.05) is 29.8 Å². The number of methoxy groups -OCH3 is 1. The molecule has 2 aromatic rings. The summed E-state index contributed by atoms with van der Waals surface area (Å²) in [6, 6.07) is 11.8. The highest BCUT2D eigenvalue weighted by atomic mass is 16.5. The topological polar surface area (TPSA) is 99.9 Å². The molecule has 0 spiro atoms. The maximum absolute atomic E-state index is 13.7. The van der Waals surface area contributed by atoms with Crippen molar-refractivity contribution < 1.29 is 23.8 Å². The van der Waals surface area contributed by atoms with E-state index in [1.54, 1.807) is 14.0 Å². The Morgan fingerprint density at radius 1 is 1.17 bits per heavy atom. The number of hydrogen-bond donors (Lipinski definition) is 2. The molecule has 7 heteroatoms. The summed E-state index contributed by atoms with van der Waals surface area (Å²) in [7, 11) is 1.61. The third-order valence-corrected chi connectivity index (χ3v) is 6.57. The van der Waals surface area contributed by atoms with Crippen molar-refractivity contribution in [3.8, 4) is 5.75 Å². The first-order chi connectivity index (χ1) is 16.8. The van der Waals surface area contributed by atoms with Crippen LogP contribution in [0.25, 0.3) is 10.8 Å². The number of benzene rings is 2. The van der Waals surface area contributed by atoms with Crippen LogP contribution >= 0.6 is 0 Å². The van der Waals surface area contributed by atoms with E-state index in [1.165, 1.54) is 0 Å². The molecule has 1 aliphatic heterocycles. The van der Waals surface area contributed by atoms with Crippen molar-refractivity contribution in [2.24, 2.45) is 11.1 Å². The Hall–Kier alpha value is -3.16. The van der Waals surface area contributed by atoms with E-state index in [4.69, 9.17) is 19.9 Å². The van der Waals surface area contributed by atoms with Crippen LogP contribution in [-0.2, 0) is 19.1 Å². The molecule has 35 heavy (non-hydrogen) atoms. The first-order valence-electron chi connectivity index (χ1n) is 12.1. The number of allylic oxidation sites excluding steroid dienone is 2. The van der Waals surface area contributed by atoms with Crippen LogP contribution in [0.1, 0.15) is 45.1 Å². The number of fused-ring (bicyclic) bond motifs is 1. The van der Waals surface area contributed by atoms with Crippen LogP contribution in [0.15, 0.2) is 58.9 Å². The summed E-state index contributed by atoms with van der Waals surface area (Å²) in [6.45, 7) is 7.01. The van der Waals surface area contributed by atoms with Gasteiger partial charge in [0.25, 0.3) is 0 Å². The lowest BCUT2D eigenvalue weighted by atomic mass is 9.68. The van der Waals surface area contributed by atoms with Gasteiger partial charge in [-0.05, 0) is 35.6 Å². The molecule has 1 aliphatic carbocycles. The minimum absolute atomic E-state index is 0.0208. The Morgan fingerprint density at radius 3 is 2.66 bits per heavy atom. The van der Waals surface area contributed by atoms with Crippen LogP contribution in [0, 0.1) is 5.41 Å². The molecular weight excluding hydrogens is 444 g/mol. The first kappa shape index (κ1) is 24.9. The Labute approximate surface area is 206 Å². The molecule has 3 N–H and O–H groups in total. The zero-order valence-corrected chi connectivity index (χ0v) is 20.9. The molecule has 7 nitrogen and oxygen atoms in total. The predicted octanol–water partition coefficient (Wildman–Crippen LogP) is 3.97. The van der Waals surface area contributed by atoms with Gasteiger partial charge < -0.3 is 25.3 Å². The van der Waals surface area contributed by atoms with Gasteiger partial charge >= 0.3 is 5.97 Å². The normalized spacial score (nSPS) is 19.5. The molecular formula is C28H34N2O5. The van der Waals surface area contributed by atoms with Gasteiger partial charge in [-0.2, -0.15) is 0 Å². The van der Waals surface area contributed by atoms with Crippen molar-refractivity contribution in [1.82, 2.24) is 5.32 Å². The van der Waals surface area contributed by atoms with Crippen LogP contribution in [0.3, 0.4) is 0 Å². The summed E-state index contributed by atoms with van der Waals surface area (Å²) in [5, 5.41) is 5.33. The van der Waals surface area contributed by atoms with Gasteiger partial charge in [-0.3, -0.25) is 4.79 Å². The Morgan fingerprint density at radius 2 is 1.94 bits per heavy atom. The van der Waals surface area contributed by atoms with E-state index in [1.807, 2.05) is 36.4 Å². The Bertz CT molecular complexity index is 1210. The van der Waals surface area contributed by atoms with Crippen molar-refractivity contribution in [3.63, 3.8) is 0 Å². The molecule has 0 saturated carbocycles. The van der Waals surface area contributed by atoms with Gasteiger partial charge in [-0.25, -0.2) is 4.79 Å². The number of ether oxygens (including phenoxy) is 3. The molecule has 4 rings (SSSR count). The smallest absolute Gasteiger partial charge is 0.336 e. The van der Waals surface area contributed by atoms with Crippen LogP contribution in [-0.4, -0.2) is 45.2 Å². The average molecular weight is 479 g/mol. The van der Waals surface area contributed by atoms with E-state index in [2.05, 4.69) is 19.2 Å². The van der Waals surface area contributed by atoms with Crippen LogP contribution in [0.2, 0.25) is 0 Å². The summed E-state index contributed by atoms with van der Waals surface area (Å²) in [6.07, 6.45) is 1.07. The fourth-order valence-corrected chi connectivity index (χ4v) is 5.21. The molecule has 0 amide bonds. The molecule has 1 unspecified atom stereocenters. The van der Waals surface area contributed by atoms with Gasteiger partial charge in [0.2, 0.25) is 0 Å². The fourth-order valence-electron chi connectivity index (χ4n) is 5.21. The fraction of sp³-hybridized carbons (Fsp3) is 0.429. The zero-order chi connectivity index (χ0) is 25.2. The number of hydrogen-bond acceptors (Lipinski definition) is 7. The third-order valence-electron chi connectivity index (χ3n) is 6.57. The molecule has 0 bridgehead atoms. The monoisotopic (exact) mass is 478 g/mol. The highest BCUT2D eigenvalue weighted by Gasteiger charge is 2.45. The van der Waals surface area contributed by atoms with Crippen LogP contribution in [0.4, 0.5) is 0 Å². The van der Waals surface area contributed by atoms with E-state index in [9.17, 15) is 9.59 Å². The van der Waals surface area contributed by atoms with Gasteiger partial charge in [-0.1, -0.05) is 44.2 Å². The minimum Gasteiger partial charge on any atom is -0.496 e. The number of rotatable bonds is 8. The summed E-state index contributed by atoms with van der Waals surface area (Å²) >= 11 is 0. The van der Waals surface area contributed by atoms with Gasteiger partial charge in [0.1, 0.15) is 5.75 Å². The van der Waals surface area contributed by atoms with E-state index in [-0.39, 0.29) is 24.4 Å². The molecule has 2 aliphatic rings. The van der Waals surface area contributed by atoms with E-state index < -0.39 is 11.9 Å². The second-order valence-electron chi connectivity index (χ2n) is 9.75. The quantitative estimate of drug-likeness (QED) is 0.437. The van der Waals surface area contributed by atoms with E-state index >= 15 is 0 Å². The molecule has 1 atom stereocenters. The van der Waals surface area contributed by atoms with E-state index in [0.717, 1.165) is 22.0 Å². The van der Waals surface area contributed by atoms with Gasteiger partial charge in [0.15, 0.2) is 5.78 Å². The lowest BCUT2D eigenvalue weighted by Gasteiger charge is -2.40. The molecule has 0 aromatic heterocycles. The Kier molecular flexibility index (Phi) is 7.28. The van der Waals surface area contributed by atoms with E-state index in [0.29, 0.717) is 48.6 Å². The standard InChI is InChI=1S/C28H34N2O5/c1-5-35-27(32)25-20(16-34-13-12-29)30-19-14-28(2,3)15-21(31)24(19)26(25)23-18-9-7-6-8-17(18)10-11-22(23)33-4/h6-11,26,30H,5,12-16,29H2,1-4H3. The Balaban J connectivity index is 2.03. The largest absolute Gasteiger partial charge is 0.496 e. The number of nitrogens with two attached hydrogens (primary N) is 1. The maximum atomic E-state index is 13.7. The number of carbonyl (C=O) groups excluding carboxylic acids is 2. The predicted molar refractivity (Wildman–Crippen MR) is 135 cm³/mol. The van der Waals surface area contributed by atoms with Crippen LogP contribution in [0.5, 0.6) is 5.75 Å². The van der Waals surface area contributed by atoms with Crippen molar-refractivity contribution >= 4 is 22.5 Å². The summed E-state index contributed by atoms with van der Waals surface area (Å²) in [5.74, 6) is -0.487. The van der Waals surface area contributed by atoms with Gasteiger partial charge in [-0.15, -0.1) is 0 Å². The summed E-state index contributed by atoms with van der Waals surface area (Å²) in [4.78, 5) is 27.2. The number of Topliss-reactive ketones (excluding diaryl/α,β-unsaturated/α-hetero) is 1. The van der Waals surface area contributed by atoms with Gasteiger partial charge in [0.05, 0.1) is 44.1 Å². The van der Waals surface area contributed by atoms with Crippen molar-refractivity contribution in [2.75, 3.05) is 33.5 Å². The number of nitrogens with one attached hydrogen (secondary N) is 1. The summed E-state index contributed by atoms with van der Waals surface area (Å²) in [5.41, 5.74) is 8.62. The van der Waals surface area contributed by atoms with Crippen molar-refractivity contribution in [3.05, 3.63) is 64.5 Å². The third kappa shape index (κ3) is 4.83. The number of esters is 1. The highest BCUT2D eigenvalue weighted by Crippen LogP contribution is 2.50. The molecule has 0 fully saturated rings. The minimum atomic E-state index is -0.647.